The van der Waals surface area contributed by atoms with Crippen LogP contribution in [0.25, 0.3) is 0 Å². The van der Waals surface area contributed by atoms with E-state index in [0.717, 1.165) is 22.6 Å². The van der Waals surface area contributed by atoms with Crippen LogP contribution in [0.4, 0.5) is 10.2 Å². The number of fused-ring (bicyclic) bond motifs is 1. The Bertz CT molecular complexity index is 1010. The predicted molar refractivity (Wildman–Crippen MR) is 126 cm³/mol. The maximum absolute atomic E-state index is 13.8. The Kier molecular flexibility index (Phi) is 6.95. The summed E-state index contributed by atoms with van der Waals surface area (Å²) in [5.41, 5.74) is 3.16. The van der Waals surface area contributed by atoms with E-state index in [0.29, 0.717) is 44.7 Å². The second kappa shape index (κ2) is 9.73. The van der Waals surface area contributed by atoms with Crippen molar-refractivity contribution in [2.75, 3.05) is 37.6 Å². The highest BCUT2D eigenvalue weighted by Gasteiger charge is 2.35. The molecule has 0 bridgehead atoms. The van der Waals surface area contributed by atoms with Crippen molar-refractivity contribution in [2.24, 2.45) is 0 Å². The number of aliphatic hydroxyl groups is 1. The number of piperazine rings is 1. The summed E-state index contributed by atoms with van der Waals surface area (Å²) in [5, 5.41) is 13.7. The van der Waals surface area contributed by atoms with Crippen molar-refractivity contribution < 1.29 is 14.3 Å². The SMILES string of the molecule is Cc1cc([C@@H](CNC(C)C)C(=O)N2CCN(c3ncnc4c3[C@H](C)C[C@H]4O)CC2)ccc1F. The molecule has 7 nitrogen and oxygen atoms in total. The van der Waals surface area contributed by atoms with Crippen molar-refractivity contribution in [3.05, 3.63) is 52.7 Å². The molecule has 1 aromatic carbocycles. The molecule has 1 fully saturated rings. The summed E-state index contributed by atoms with van der Waals surface area (Å²) in [6.45, 7) is 11.0. The van der Waals surface area contributed by atoms with E-state index in [1.54, 1.807) is 19.1 Å². The molecule has 1 aliphatic heterocycles. The number of hydrogen-bond donors (Lipinski definition) is 2. The number of aromatic nitrogens is 2. The van der Waals surface area contributed by atoms with Gasteiger partial charge in [0.05, 0.1) is 17.7 Å². The highest BCUT2D eigenvalue weighted by molar-refractivity contribution is 5.84. The molecule has 33 heavy (non-hydrogen) atoms. The van der Waals surface area contributed by atoms with Gasteiger partial charge in [0.1, 0.15) is 18.0 Å². The fourth-order valence-corrected chi connectivity index (χ4v) is 4.90. The minimum Gasteiger partial charge on any atom is -0.387 e. The zero-order chi connectivity index (χ0) is 23.7. The van der Waals surface area contributed by atoms with E-state index in [-0.39, 0.29) is 29.6 Å². The normalized spacial score (nSPS) is 21.4. The monoisotopic (exact) mass is 455 g/mol. The highest BCUT2D eigenvalue weighted by Crippen LogP contribution is 2.42. The van der Waals surface area contributed by atoms with Crippen LogP contribution >= 0.6 is 0 Å². The molecule has 1 amide bonds. The molecule has 0 saturated carbocycles. The second-order valence-electron chi connectivity index (χ2n) is 9.59. The van der Waals surface area contributed by atoms with Gasteiger partial charge in [0.2, 0.25) is 5.91 Å². The average Bonchev–Trinajstić information content (AvgIpc) is 3.09. The number of carbonyl (C=O) groups excluding carboxylic acids is 1. The fraction of sp³-hybridized carbons (Fsp3) is 0.560. The topological polar surface area (TPSA) is 81.6 Å². The number of halogens is 1. The molecule has 3 atom stereocenters. The molecular weight excluding hydrogens is 421 g/mol. The first-order valence-corrected chi connectivity index (χ1v) is 11.8. The minimum absolute atomic E-state index is 0.0607. The van der Waals surface area contributed by atoms with Crippen LogP contribution in [0.15, 0.2) is 24.5 Å². The van der Waals surface area contributed by atoms with Gasteiger partial charge in [-0.25, -0.2) is 14.4 Å². The van der Waals surface area contributed by atoms with Gasteiger partial charge in [-0.1, -0.05) is 32.9 Å². The lowest BCUT2D eigenvalue weighted by atomic mass is 9.95. The molecule has 2 N–H and O–H groups in total. The van der Waals surface area contributed by atoms with Crippen LogP contribution in [-0.2, 0) is 4.79 Å². The number of carbonyl (C=O) groups is 1. The standard InChI is InChI=1S/C25H34FN5O2/c1-15(2)27-13-19(18-5-6-20(26)16(3)11-18)25(33)31-9-7-30(8-10-31)24-22-17(4)12-21(32)23(22)28-14-29-24/h5-6,11,14-15,17,19,21,27,32H,7-10,12-13H2,1-4H3/t17-,19-,21-/m1/s1. The Hall–Kier alpha value is -2.58. The van der Waals surface area contributed by atoms with E-state index in [1.165, 1.54) is 12.4 Å². The van der Waals surface area contributed by atoms with E-state index in [9.17, 15) is 14.3 Å². The Morgan fingerprint density at radius 1 is 1.24 bits per heavy atom. The van der Waals surface area contributed by atoms with Crippen LogP contribution in [0.5, 0.6) is 0 Å². The van der Waals surface area contributed by atoms with Gasteiger partial charge in [0.15, 0.2) is 0 Å². The number of rotatable bonds is 6. The first-order valence-electron chi connectivity index (χ1n) is 11.8. The molecule has 2 aliphatic rings. The summed E-state index contributed by atoms with van der Waals surface area (Å²) in [4.78, 5) is 26.5. The Balaban J connectivity index is 1.49. The third-order valence-electron chi connectivity index (χ3n) is 6.78. The second-order valence-corrected chi connectivity index (χ2v) is 9.59. The molecule has 1 saturated heterocycles. The van der Waals surface area contributed by atoms with Crippen molar-refractivity contribution in [2.45, 2.75) is 58.1 Å². The first-order chi connectivity index (χ1) is 15.8. The van der Waals surface area contributed by atoms with Gasteiger partial charge in [-0.15, -0.1) is 0 Å². The summed E-state index contributed by atoms with van der Waals surface area (Å²) in [6, 6.07) is 5.20. The summed E-state index contributed by atoms with van der Waals surface area (Å²) in [7, 11) is 0. The molecule has 4 rings (SSSR count). The molecule has 0 unspecified atom stereocenters. The Morgan fingerprint density at radius 2 is 1.97 bits per heavy atom. The number of amides is 1. The van der Waals surface area contributed by atoms with E-state index < -0.39 is 6.10 Å². The largest absolute Gasteiger partial charge is 0.387 e. The summed E-state index contributed by atoms with van der Waals surface area (Å²) in [6.07, 6.45) is 1.66. The van der Waals surface area contributed by atoms with Crippen molar-refractivity contribution in [1.82, 2.24) is 20.2 Å². The van der Waals surface area contributed by atoms with Crippen molar-refractivity contribution in [3.8, 4) is 0 Å². The van der Waals surface area contributed by atoms with Gasteiger partial charge in [0, 0.05) is 44.3 Å². The summed E-state index contributed by atoms with van der Waals surface area (Å²) < 4.78 is 13.8. The van der Waals surface area contributed by atoms with Gasteiger partial charge in [-0.05, 0) is 36.5 Å². The predicted octanol–water partition coefficient (Wildman–Crippen LogP) is 2.90. The maximum Gasteiger partial charge on any atom is 0.231 e. The molecule has 2 aromatic rings. The fourth-order valence-electron chi connectivity index (χ4n) is 4.90. The number of benzene rings is 1. The van der Waals surface area contributed by atoms with Crippen LogP contribution in [0.2, 0.25) is 0 Å². The zero-order valence-corrected chi connectivity index (χ0v) is 19.9. The zero-order valence-electron chi connectivity index (χ0n) is 19.9. The van der Waals surface area contributed by atoms with Crippen molar-refractivity contribution in [3.63, 3.8) is 0 Å². The molecule has 178 valence electrons. The molecular formula is C25H34FN5O2. The number of anilines is 1. The summed E-state index contributed by atoms with van der Waals surface area (Å²) >= 11 is 0. The number of aliphatic hydroxyl groups excluding tert-OH is 1. The van der Waals surface area contributed by atoms with E-state index in [2.05, 4.69) is 27.1 Å². The van der Waals surface area contributed by atoms with Gasteiger partial charge >= 0.3 is 0 Å². The Labute approximate surface area is 195 Å². The van der Waals surface area contributed by atoms with Gasteiger partial charge in [0.25, 0.3) is 0 Å². The number of hydrogen-bond acceptors (Lipinski definition) is 6. The molecule has 1 aromatic heterocycles. The lowest BCUT2D eigenvalue weighted by Crippen LogP contribution is -2.51. The third-order valence-corrected chi connectivity index (χ3v) is 6.78. The molecule has 0 radical (unpaired) electrons. The van der Waals surface area contributed by atoms with Crippen LogP contribution in [0, 0.1) is 12.7 Å². The summed E-state index contributed by atoms with van der Waals surface area (Å²) in [5.74, 6) is 0.525. The molecule has 1 aliphatic carbocycles. The van der Waals surface area contributed by atoms with Gasteiger partial charge < -0.3 is 20.2 Å². The Morgan fingerprint density at radius 3 is 2.64 bits per heavy atom. The molecule has 2 heterocycles. The number of aryl methyl sites for hydroxylation is 1. The lowest BCUT2D eigenvalue weighted by Gasteiger charge is -2.38. The van der Waals surface area contributed by atoms with Gasteiger partial charge in [-0.2, -0.15) is 0 Å². The van der Waals surface area contributed by atoms with Crippen molar-refractivity contribution in [1.29, 1.82) is 0 Å². The van der Waals surface area contributed by atoms with Crippen molar-refractivity contribution >= 4 is 11.7 Å². The number of nitrogens with one attached hydrogen (secondary N) is 1. The molecule has 0 spiro atoms. The van der Waals surface area contributed by atoms with Crippen LogP contribution in [0.3, 0.4) is 0 Å². The third kappa shape index (κ3) is 4.87. The van der Waals surface area contributed by atoms with Crippen LogP contribution in [0.1, 0.15) is 67.5 Å². The quantitative estimate of drug-likeness (QED) is 0.697. The van der Waals surface area contributed by atoms with Crippen LogP contribution < -0.4 is 10.2 Å². The number of nitrogens with zero attached hydrogens (tertiary/aromatic N) is 4. The van der Waals surface area contributed by atoms with Crippen LogP contribution in [-0.4, -0.2) is 64.6 Å². The maximum atomic E-state index is 13.8. The first kappa shape index (κ1) is 23.6. The van der Waals surface area contributed by atoms with E-state index in [4.69, 9.17) is 0 Å². The average molecular weight is 456 g/mol. The van der Waals surface area contributed by atoms with E-state index in [1.807, 2.05) is 18.7 Å². The molecule has 8 heteroatoms. The lowest BCUT2D eigenvalue weighted by molar-refractivity contribution is -0.133. The smallest absolute Gasteiger partial charge is 0.231 e. The van der Waals surface area contributed by atoms with E-state index >= 15 is 0 Å². The minimum atomic E-state index is -0.534. The highest BCUT2D eigenvalue weighted by atomic mass is 19.1. The van der Waals surface area contributed by atoms with Gasteiger partial charge in [-0.3, -0.25) is 4.79 Å².